The number of aliphatic hydroxyl groups is 1. The second kappa shape index (κ2) is 22.0. The Balaban J connectivity index is 0. The van der Waals surface area contributed by atoms with E-state index in [1.807, 2.05) is 0 Å². The van der Waals surface area contributed by atoms with Crippen molar-refractivity contribution < 1.29 is 26.8 Å². The Morgan fingerprint density at radius 3 is 0.950 bits per heavy atom. The second-order valence-corrected chi connectivity index (χ2v) is 5.88. The van der Waals surface area contributed by atoms with Crippen LogP contribution in [-0.2, 0) is 21.7 Å². The molecule has 0 rings (SSSR count). The number of hydrogen-bond acceptors (Lipinski definition) is 1. The smallest absolute Gasteiger partial charge is 0.0431 e. The molecule has 0 aromatic carbocycles. The van der Waals surface area contributed by atoms with E-state index < -0.39 is 0 Å². The average molecular weight is 317 g/mol. The predicted octanol–water partition coefficient (Wildman–Crippen LogP) is 6.05. The van der Waals surface area contributed by atoms with E-state index in [1.165, 1.54) is 89.9 Å². The van der Waals surface area contributed by atoms with Gasteiger partial charge in [-0.05, 0) is 6.42 Å². The molecule has 0 aliphatic rings. The number of hydrogen-bond donors (Lipinski definition) is 1. The van der Waals surface area contributed by atoms with Gasteiger partial charge in [0.25, 0.3) is 0 Å². The Hall–Kier alpha value is 0.674. The first-order valence-electron chi connectivity index (χ1n) is 8.82. The summed E-state index contributed by atoms with van der Waals surface area (Å²) in [5.41, 5.74) is 0. The van der Waals surface area contributed by atoms with Gasteiger partial charge in [0, 0.05) is 28.3 Å². The molecular weight excluding hydrogens is 280 g/mol. The Bertz CT molecular complexity index is 134. The molecule has 1 nitrogen and oxygen atoms in total. The Morgan fingerprint density at radius 2 is 0.700 bits per heavy atom. The van der Waals surface area contributed by atoms with Crippen LogP contribution in [0.15, 0.2) is 0 Å². The minimum atomic E-state index is 0. The Kier molecular flexibility index (Phi) is 25.2. The summed E-state index contributed by atoms with van der Waals surface area (Å²) in [6, 6.07) is 0. The molecule has 0 saturated carbocycles. The largest absolute Gasteiger partial charge is 0.396 e. The predicted molar refractivity (Wildman–Crippen MR) is 86.3 cm³/mol. The minimum absolute atomic E-state index is 0. The first-order chi connectivity index (χ1) is 9.41. The van der Waals surface area contributed by atoms with Crippen molar-refractivity contribution in [3.8, 4) is 0 Å². The molecule has 0 fully saturated rings. The quantitative estimate of drug-likeness (QED) is 0.209. The van der Waals surface area contributed by atoms with Crippen molar-refractivity contribution in [3.05, 3.63) is 6.92 Å². The van der Waals surface area contributed by atoms with Gasteiger partial charge >= 0.3 is 0 Å². The molecule has 0 heterocycles. The van der Waals surface area contributed by atoms with Crippen molar-refractivity contribution in [2.75, 3.05) is 6.61 Å². The third-order valence-electron chi connectivity index (χ3n) is 3.91. The standard InChI is InChI=1S/C18H37O.Ti/c1-2-3-4-5-6-7-8-9-10-11-12-13-14-15-16-17-18-19;/h19H,1-18H2;/q-1;. The molecule has 0 saturated heterocycles. The number of unbranched alkanes of at least 4 members (excludes halogenated alkanes) is 15. The van der Waals surface area contributed by atoms with Crippen LogP contribution in [0.2, 0.25) is 0 Å². The van der Waals surface area contributed by atoms with Gasteiger partial charge < -0.3 is 12.0 Å². The first-order valence-corrected chi connectivity index (χ1v) is 8.82. The van der Waals surface area contributed by atoms with E-state index in [-0.39, 0.29) is 21.7 Å². The third-order valence-corrected chi connectivity index (χ3v) is 3.91. The summed E-state index contributed by atoms with van der Waals surface area (Å²) in [6.45, 7) is 4.25. The van der Waals surface area contributed by atoms with Gasteiger partial charge in [-0.2, -0.15) is 6.42 Å². The van der Waals surface area contributed by atoms with E-state index in [0.717, 1.165) is 12.8 Å². The van der Waals surface area contributed by atoms with Crippen LogP contribution in [0, 0.1) is 6.92 Å². The molecule has 0 bridgehead atoms. The molecule has 0 amide bonds. The Morgan fingerprint density at radius 1 is 0.450 bits per heavy atom. The van der Waals surface area contributed by atoms with Crippen LogP contribution in [0.5, 0.6) is 0 Å². The van der Waals surface area contributed by atoms with E-state index in [9.17, 15) is 0 Å². The first kappa shape index (κ1) is 22.9. The van der Waals surface area contributed by atoms with E-state index in [1.54, 1.807) is 0 Å². The minimum Gasteiger partial charge on any atom is -0.396 e. The fourth-order valence-corrected chi connectivity index (χ4v) is 2.59. The number of rotatable bonds is 16. The maximum Gasteiger partial charge on any atom is 0.0431 e. The average Bonchev–Trinajstić information content (AvgIpc) is 2.43. The van der Waals surface area contributed by atoms with Crippen LogP contribution in [0.4, 0.5) is 0 Å². The zero-order valence-electron chi connectivity index (χ0n) is 13.7. The van der Waals surface area contributed by atoms with Gasteiger partial charge in [0.05, 0.1) is 0 Å². The Labute approximate surface area is 143 Å². The molecule has 0 atom stereocenters. The number of aliphatic hydroxyl groups excluding tert-OH is 1. The van der Waals surface area contributed by atoms with Crippen LogP contribution in [0.25, 0.3) is 0 Å². The van der Waals surface area contributed by atoms with Gasteiger partial charge in [-0.25, -0.2) is 0 Å². The van der Waals surface area contributed by atoms with Crippen molar-refractivity contribution in [1.82, 2.24) is 0 Å². The zero-order valence-corrected chi connectivity index (χ0v) is 15.2. The molecule has 0 aliphatic carbocycles. The maximum absolute atomic E-state index is 8.67. The fourth-order valence-electron chi connectivity index (χ4n) is 2.59. The summed E-state index contributed by atoms with van der Waals surface area (Å²) in [5.74, 6) is 0. The molecule has 0 unspecified atom stereocenters. The molecule has 0 radical (unpaired) electrons. The van der Waals surface area contributed by atoms with Gasteiger partial charge in [0.1, 0.15) is 0 Å². The molecule has 20 heavy (non-hydrogen) atoms. The van der Waals surface area contributed by atoms with Crippen molar-refractivity contribution in [2.45, 2.75) is 103 Å². The second-order valence-electron chi connectivity index (χ2n) is 5.88. The normalized spacial score (nSPS) is 10.5. The monoisotopic (exact) mass is 317 g/mol. The zero-order chi connectivity index (χ0) is 14.0. The van der Waals surface area contributed by atoms with E-state index in [4.69, 9.17) is 5.11 Å². The molecule has 0 aromatic rings. The molecule has 0 aromatic heterocycles. The van der Waals surface area contributed by atoms with E-state index >= 15 is 0 Å². The van der Waals surface area contributed by atoms with Crippen LogP contribution >= 0.6 is 0 Å². The van der Waals surface area contributed by atoms with Gasteiger partial charge in [-0.15, -0.1) is 0 Å². The van der Waals surface area contributed by atoms with Crippen LogP contribution < -0.4 is 0 Å². The van der Waals surface area contributed by atoms with E-state index in [0.29, 0.717) is 6.61 Å². The molecule has 120 valence electrons. The summed E-state index contributed by atoms with van der Waals surface area (Å²) >= 11 is 0. The SMILES string of the molecule is [CH2-]CCCCCCCCCCCCCCCCCO.[Ti]. The van der Waals surface area contributed by atoms with Crippen LogP contribution in [0.3, 0.4) is 0 Å². The van der Waals surface area contributed by atoms with Crippen molar-refractivity contribution in [2.24, 2.45) is 0 Å². The van der Waals surface area contributed by atoms with Crippen LogP contribution in [0.1, 0.15) is 103 Å². The van der Waals surface area contributed by atoms with Crippen LogP contribution in [-0.4, -0.2) is 11.7 Å². The van der Waals surface area contributed by atoms with Gasteiger partial charge in [0.15, 0.2) is 0 Å². The summed E-state index contributed by atoms with van der Waals surface area (Å²) in [7, 11) is 0. The molecule has 2 heteroatoms. The third kappa shape index (κ3) is 21.0. The molecular formula is C18H37OTi-. The van der Waals surface area contributed by atoms with Crippen molar-refractivity contribution >= 4 is 0 Å². The summed E-state index contributed by atoms with van der Waals surface area (Å²) in [4.78, 5) is 0. The molecule has 0 aliphatic heterocycles. The van der Waals surface area contributed by atoms with E-state index in [2.05, 4.69) is 6.92 Å². The molecule has 0 spiro atoms. The fraction of sp³-hybridized carbons (Fsp3) is 0.944. The molecule has 1 N–H and O–H groups in total. The summed E-state index contributed by atoms with van der Waals surface area (Å²) in [5, 5.41) is 8.67. The van der Waals surface area contributed by atoms with Gasteiger partial charge in [-0.1, -0.05) is 89.9 Å². The van der Waals surface area contributed by atoms with Gasteiger partial charge in [0.2, 0.25) is 0 Å². The van der Waals surface area contributed by atoms with Crippen molar-refractivity contribution in [1.29, 1.82) is 0 Å². The van der Waals surface area contributed by atoms with Gasteiger partial charge in [-0.3, -0.25) is 0 Å². The topological polar surface area (TPSA) is 20.2 Å². The van der Waals surface area contributed by atoms with Crippen molar-refractivity contribution in [3.63, 3.8) is 0 Å². The maximum atomic E-state index is 8.67. The summed E-state index contributed by atoms with van der Waals surface area (Å²) < 4.78 is 0. The summed E-state index contributed by atoms with van der Waals surface area (Å²) in [6.07, 6.45) is 21.6.